The highest BCUT2D eigenvalue weighted by molar-refractivity contribution is 5.35. The Kier molecular flexibility index (Phi) is 5.23. The predicted molar refractivity (Wildman–Crippen MR) is 77.6 cm³/mol. The molecule has 0 aliphatic carbocycles. The van der Waals surface area contributed by atoms with Crippen molar-refractivity contribution < 1.29 is 9.84 Å². The number of aryl methyl sites for hydroxylation is 2. The summed E-state index contributed by atoms with van der Waals surface area (Å²) in [7, 11) is 0. The van der Waals surface area contributed by atoms with E-state index in [0.29, 0.717) is 12.5 Å². The Balaban J connectivity index is 1.76. The molecule has 0 amide bonds. The van der Waals surface area contributed by atoms with Gasteiger partial charge in [-0.05, 0) is 57.3 Å². The molecule has 1 aliphatic heterocycles. The third-order valence-corrected chi connectivity index (χ3v) is 3.93. The van der Waals surface area contributed by atoms with E-state index < -0.39 is 0 Å². The summed E-state index contributed by atoms with van der Waals surface area (Å²) in [4.78, 5) is 0. The summed E-state index contributed by atoms with van der Waals surface area (Å²) < 4.78 is 5.78. The molecule has 1 atom stereocenters. The molecule has 2 N–H and O–H groups in total. The number of nitrogens with one attached hydrogen (secondary N) is 1. The predicted octanol–water partition coefficient (Wildman–Crippen LogP) is 2.43. The van der Waals surface area contributed by atoms with Gasteiger partial charge in [0.05, 0.1) is 12.7 Å². The van der Waals surface area contributed by atoms with E-state index >= 15 is 0 Å². The second-order valence-electron chi connectivity index (χ2n) is 5.56. The van der Waals surface area contributed by atoms with E-state index in [2.05, 4.69) is 31.3 Å². The quantitative estimate of drug-likeness (QED) is 0.857. The zero-order valence-corrected chi connectivity index (χ0v) is 12.0. The standard InChI is InChI=1S/C16H25NO2/c1-12-3-4-16(13(2)11-12)19-10-7-15(18)14-5-8-17-9-6-14/h3-4,11,14-15,17-18H,5-10H2,1-2H3. The SMILES string of the molecule is Cc1ccc(OCCC(O)C2CCNCC2)c(C)c1. The Bertz CT molecular complexity index is 400. The molecule has 1 aromatic carbocycles. The van der Waals surface area contributed by atoms with Crippen molar-refractivity contribution in [1.29, 1.82) is 0 Å². The molecule has 106 valence electrons. The number of benzene rings is 1. The van der Waals surface area contributed by atoms with Crippen LogP contribution in [0.15, 0.2) is 18.2 Å². The van der Waals surface area contributed by atoms with Crippen LogP contribution in [0.4, 0.5) is 0 Å². The van der Waals surface area contributed by atoms with Crippen LogP contribution < -0.4 is 10.1 Å². The Hall–Kier alpha value is -1.06. The maximum Gasteiger partial charge on any atom is 0.122 e. The van der Waals surface area contributed by atoms with Crippen LogP contribution in [0.3, 0.4) is 0 Å². The van der Waals surface area contributed by atoms with Gasteiger partial charge in [-0.25, -0.2) is 0 Å². The Morgan fingerprint density at radius 1 is 1.32 bits per heavy atom. The Morgan fingerprint density at radius 2 is 2.05 bits per heavy atom. The first-order valence-corrected chi connectivity index (χ1v) is 7.25. The molecule has 1 unspecified atom stereocenters. The van der Waals surface area contributed by atoms with Gasteiger partial charge in [0, 0.05) is 6.42 Å². The molecular weight excluding hydrogens is 238 g/mol. The number of hydrogen-bond acceptors (Lipinski definition) is 3. The highest BCUT2D eigenvalue weighted by Gasteiger charge is 2.21. The van der Waals surface area contributed by atoms with E-state index in [4.69, 9.17) is 4.74 Å². The normalized spacial score (nSPS) is 18.3. The summed E-state index contributed by atoms with van der Waals surface area (Å²) in [5, 5.41) is 13.5. The Labute approximate surface area is 116 Å². The average molecular weight is 263 g/mol. The maximum absolute atomic E-state index is 10.2. The molecule has 0 radical (unpaired) electrons. The number of hydrogen-bond donors (Lipinski definition) is 2. The molecule has 1 fully saturated rings. The van der Waals surface area contributed by atoms with Crippen molar-refractivity contribution in [2.24, 2.45) is 5.92 Å². The van der Waals surface area contributed by atoms with Crippen molar-refractivity contribution in [3.63, 3.8) is 0 Å². The highest BCUT2D eigenvalue weighted by atomic mass is 16.5. The molecule has 0 aromatic heterocycles. The molecule has 0 spiro atoms. The molecule has 2 rings (SSSR count). The van der Waals surface area contributed by atoms with E-state index in [9.17, 15) is 5.11 Å². The zero-order valence-electron chi connectivity index (χ0n) is 12.0. The molecular formula is C16H25NO2. The minimum atomic E-state index is -0.229. The van der Waals surface area contributed by atoms with Crippen molar-refractivity contribution in [3.8, 4) is 5.75 Å². The molecule has 0 bridgehead atoms. The fraction of sp³-hybridized carbons (Fsp3) is 0.625. The highest BCUT2D eigenvalue weighted by Crippen LogP contribution is 2.21. The van der Waals surface area contributed by atoms with Gasteiger partial charge in [0.1, 0.15) is 5.75 Å². The van der Waals surface area contributed by atoms with Gasteiger partial charge in [0.25, 0.3) is 0 Å². The Morgan fingerprint density at radius 3 is 2.74 bits per heavy atom. The monoisotopic (exact) mass is 263 g/mol. The van der Waals surface area contributed by atoms with Gasteiger partial charge in [-0.2, -0.15) is 0 Å². The van der Waals surface area contributed by atoms with Gasteiger partial charge in [0.15, 0.2) is 0 Å². The van der Waals surface area contributed by atoms with E-state index in [0.717, 1.165) is 43.7 Å². The maximum atomic E-state index is 10.2. The van der Waals surface area contributed by atoms with Crippen LogP contribution in [0, 0.1) is 19.8 Å². The molecule has 1 aromatic rings. The molecule has 19 heavy (non-hydrogen) atoms. The van der Waals surface area contributed by atoms with Gasteiger partial charge >= 0.3 is 0 Å². The first kappa shape index (κ1) is 14.4. The average Bonchev–Trinajstić information content (AvgIpc) is 2.42. The summed E-state index contributed by atoms with van der Waals surface area (Å²) in [6, 6.07) is 6.20. The minimum Gasteiger partial charge on any atom is -0.493 e. The summed E-state index contributed by atoms with van der Waals surface area (Å²) in [5.74, 6) is 1.37. The van der Waals surface area contributed by atoms with Gasteiger partial charge in [0.2, 0.25) is 0 Å². The first-order valence-electron chi connectivity index (χ1n) is 7.25. The number of aliphatic hydroxyl groups is 1. The van der Waals surface area contributed by atoms with Gasteiger partial charge < -0.3 is 15.2 Å². The van der Waals surface area contributed by atoms with Crippen molar-refractivity contribution >= 4 is 0 Å². The summed E-state index contributed by atoms with van der Waals surface area (Å²) in [5.41, 5.74) is 2.41. The number of ether oxygens (including phenoxy) is 1. The largest absolute Gasteiger partial charge is 0.493 e. The molecule has 0 saturated carbocycles. The molecule has 3 nitrogen and oxygen atoms in total. The van der Waals surface area contributed by atoms with E-state index in [1.165, 1.54) is 5.56 Å². The van der Waals surface area contributed by atoms with Crippen LogP contribution in [0.25, 0.3) is 0 Å². The van der Waals surface area contributed by atoms with E-state index in [1.54, 1.807) is 0 Å². The van der Waals surface area contributed by atoms with Gasteiger partial charge in [-0.15, -0.1) is 0 Å². The lowest BCUT2D eigenvalue weighted by molar-refractivity contribution is 0.0673. The van der Waals surface area contributed by atoms with Crippen molar-refractivity contribution in [2.75, 3.05) is 19.7 Å². The lowest BCUT2D eigenvalue weighted by atomic mass is 9.91. The third-order valence-electron chi connectivity index (χ3n) is 3.93. The number of rotatable bonds is 5. The van der Waals surface area contributed by atoms with Crippen molar-refractivity contribution in [3.05, 3.63) is 29.3 Å². The number of aliphatic hydroxyl groups excluding tert-OH is 1. The van der Waals surface area contributed by atoms with Crippen LogP contribution in [0.2, 0.25) is 0 Å². The van der Waals surface area contributed by atoms with Crippen molar-refractivity contribution in [1.82, 2.24) is 5.32 Å². The first-order chi connectivity index (χ1) is 9.16. The van der Waals surface area contributed by atoms with Gasteiger partial charge in [-0.3, -0.25) is 0 Å². The van der Waals surface area contributed by atoms with Crippen LogP contribution in [0.5, 0.6) is 5.75 Å². The summed E-state index contributed by atoms with van der Waals surface area (Å²) in [6.45, 7) is 6.79. The van der Waals surface area contributed by atoms with Gasteiger partial charge in [-0.1, -0.05) is 17.7 Å². The second-order valence-corrected chi connectivity index (χ2v) is 5.56. The molecule has 3 heteroatoms. The molecule has 1 heterocycles. The lowest BCUT2D eigenvalue weighted by Gasteiger charge is -2.27. The second kappa shape index (κ2) is 6.92. The van der Waals surface area contributed by atoms with E-state index in [-0.39, 0.29) is 6.10 Å². The van der Waals surface area contributed by atoms with E-state index in [1.807, 2.05) is 6.07 Å². The summed E-state index contributed by atoms with van der Waals surface area (Å²) >= 11 is 0. The molecule has 1 saturated heterocycles. The number of piperidine rings is 1. The lowest BCUT2D eigenvalue weighted by Crippen LogP contribution is -2.34. The van der Waals surface area contributed by atoms with Crippen LogP contribution in [-0.4, -0.2) is 30.9 Å². The minimum absolute atomic E-state index is 0.229. The van der Waals surface area contributed by atoms with Crippen molar-refractivity contribution in [2.45, 2.75) is 39.2 Å². The fourth-order valence-electron chi connectivity index (χ4n) is 2.72. The fourth-order valence-corrected chi connectivity index (χ4v) is 2.72. The smallest absolute Gasteiger partial charge is 0.122 e. The summed E-state index contributed by atoms with van der Waals surface area (Å²) in [6.07, 6.45) is 2.64. The van der Waals surface area contributed by atoms with Crippen LogP contribution in [0.1, 0.15) is 30.4 Å². The third kappa shape index (κ3) is 4.22. The zero-order chi connectivity index (χ0) is 13.7. The van der Waals surface area contributed by atoms with Crippen LogP contribution in [-0.2, 0) is 0 Å². The molecule has 1 aliphatic rings. The van der Waals surface area contributed by atoms with Crippen LogP contribution >= 0.6 is 0 Å². The topological polar surface area (TPSA) is 41.5 Å².